The maximum atomic E-state index is 11.6. The SMILES string of the molecule is O=C(Oc1cccc2c1Cc1ccccc1-2)C1=CO1. The zero-order valence-corrected chi connectivity index (χ0v) is 10.1. The Bertz CT molecular complexity index is 729. The molecule has 0 unspecified atom stereocenters. The summed E-state index contributed by atoms with van der Waals surface area (Å²) < 4.78 is 10.1. The minimum absolute atomic E-state index is 0.285. The predicted molar refractivity (Wildman–Crippen MR) is 69.5 cm³/mol. The van der Waals surface area contributed by atoms with Gasteiger partial charge in [0.05, 0.1) is 0 Å². The normalized spacial score (nSPS) is 14.0. The standard InChI is InChI=1S/C16H10O3/c17-16(15-9-18-15)19-14-7-3-6-12-11-5-2-1-4-10(11)8-13(12)14/h1-7,9H,8H2. The molecule has 0 fully saturated rings. The molecule has 2 aromatic carbocycles. The van der Waals surface area contributed by atoms with Crippen molar-refractivity contribution in [2.45, 2.75) is 6.42 Å². The average Bonchev–Trinajstić information content (AvgIpc) is 3.21. The van der Waals surface area contributed by atoms with E-state index in [1.165, 1.54) is 17.4 Å². The van der Waals surface area contributed by atoms with E-state index < -0.39 is 5.97 Å². The van der Waals surface area contributed by atoms with Crippen molar-refractivity contribution in [1.82, 2.24) is 0 Å². The molecule has 0 N–H and O–H groups in total. The van der Waals surface area contributed by atoms with Crippen LogP contribution in [0.2, 0.25) is 0 Å². The van der Waals surface area contributed by atoms with Crippen LogP contribution in [0.1, 0.15) is 11.1 Å². The van der Waals surface area contributed by atoms with E-state index in [2.05, 4.69) is 18.2 Å². The van der Waals surface area contributed by atoms with Crippen LogP contribution in [-0.2, 0) is 16.0 Å². The van der Waals surface area contributed by atoms with Gasteiger partial charge in [0.15, 0.2) is 0 Å². The molecule has 1 heterocycles. The molecule has 0 saturated carbocycles. The third kappa shape index (κ3) is 1.63. The molecule has 4 rings (SSSR count). The third-order valence-corrected chi connectivity index (χ3v) is 3.45. The van der Waals surface area contributed by atoms with Crippen LogP contribution in [0.4, 0.5) is 0 Å². The van der Waals surface area contributed by atoms with Crippen molar-refractivity contribution in [3.63, 3.8) is 0 Å². The molecule has 3 nitrogen and oxygen atoms in total. The van der Waals surface area contributed by atoms with Crippen molar-refractivity contribution in [3.8, 4) is 16.9 Å². The topological polar surface area (TPSA) is 38.8 Å². The number of esters is 1. The van der Waals surface area contributed by atoms with E-state index in [-0.39, 0.29) is 5.76 Å². The quantitative estimate of drug-likeness (QED) is 0.518. The van der Waals surface area contributed by atoms with Crippen LogP contribution in [0.5, 0.6) is 5.75 Å². The fourth-order valence-electron chi connectivity index (χ4n) is 2.50. The maximum Gasteiger partial charge on any atom is 0.382 e. The highest BCUT2D eigenvalue weighted by molar-refractivity contribution is 5.91. The third-order valence-electron chi connectivity index (χ3n) is 3.45. The second-order valence-corrected chi connectivity index (χ2v) is 4.61. The molecule has 3 heteroatoms. The number of rotatable bonds is 2. The van der Waals surface area contributed by atoms with Gasteiger partial charge < -0.3 is 9.47 Å². The number of hydrogen-bond donors (Lipinski definition) is 0. The molecule has 0 bridgehead atoms. The number of fused-ring (bicyclic) bond motifs is 3. The van der Waals surface area contributed by atoms with Crippen molar-refractivity contribution >= 4 is 5.97 Å². The van der Waals surface area contributed by atoms with E-state index in [0.29, 0.717) is 5.75 Å². The summed E-state index contributed by atoms with van der Waals surface area (Å²) in [5.74, 6) is 0.479. The Balaban J connectivity index is 1.76. The highest BCUT2D eigenvalue weighted by Gasteiger charge is 2.26. The lowest BCUT2D eigenvalue weighted by Gasteiger charge is -2.07. The van der Waals surface area contributed by atoms with Crippen LogP contribution in [0.3, 0.4) is 0 Å². The van der Waals surface area contributed by atoms with Gasteiger partial charge in [-0.3, -0.25) is 0 Å². The summed E-state index contributed by atoms with van der Waals surface area (Å²) in [5, 5.41) is 0. The van der Waals surface area contributed by atoms with Gasteiger partial charge in [-0.25, -0.2) is 4.79 Å². The highest BCUT2D eigenvalue weighted by Crippen LogP contribution is 2.41. The van der Waals surface area contributed by atoms with Crippen LogP contribution in [0.25, 0.3) is 11.1 Å². The first-order valence-corrected chi connectivity index (χ1v) is 6.12. The Morgan fingerprint density at radius 2 is 1.84 bits per heavy atom. The fraction of sp³-hybridized carbons (Fsp3) is 0.0625. The van der Waals surface area contributed by atoms with Gasteiger partial charge in [-0.1, -0.05) is 36.4 Å². The molecule has 0 spiro atoms. The highest BCUT2D eigenvalue weighted by atomic mass is 16.6. The van der Waals surface area contributed by atoms with Crippen LogP contribution in [0.15, 0.2) is 54.5 Å². The second-order valence-electron chi connectivity index (χ2n) is 4.61. The molecule has 0 radical (unpaired) electrons. The summed E-state index contributed by atoms with van der Waals surface area (Å²) in [6.45, 7) is 0. The number of hydrogen-bond acceptors (Lipinski definition) is 3. The molecule has 92 valence electrons. The summed E-state index contributed by atoms with van der Waals surface area (Å²) in [4.78, 5) is 11.6. The monoisotopic (exact) mass is 250 g/mol. The summed E-state index contributed by atoms with van der Waals surface area (Å²) in [6.07, 6.45) is 2.19. The van der Waals surface area contributed by atoms with Gasteiger partial charge in [-0.05, 0) is 22.8 Å². The fourth-order valence-corrected chi connectivity index (χ4v) is 2.50. The smallest absolute Gasteiger partial charge is 0.382 e. The largest absolute Gasteiger partial charge is 0.450 e. The Morgan fingerprint density at radius 1 is 1.05 bits per heavy atom. The van der Waals surface area contributed by atoms with E-state index in [0.717, 1.165) is 17.5 Å². The van der Waals surface area contributed by atoms with Crippen LogP contribution >= 0.6 is 0 Å². The van der Waals surface area contributed by atoms with E-state index in [1.807, 2.05) is 24.3 Å². The Kier molecular flexibility index (Phi) is 2.03. The lowest BCUT2D eigenvalue weighted by atomic mass is 10.1. The Labute approximate surface area is 110 Å². The summed E-state index contributed by atoms with van der Waals surface area (Å²) in [6, 6.07) is 14.0. The van der Waals surface area contributed by atoms with E-state index in [9.17, 15) is 4.79 Å². The Hall–Kier alpha value is -2.55. The molecular formula is C16H10O3. The van der Waals surface area contributed by atoms with Crippen LogP contribution in [0, 0.1) is 0 Å². The van der Waals surface area contributed by atoms with Gasteiger partial charge in [0.25, 0.3) is 0 Å². The molecule has 0 saturated heterocycles. The number of carbonyl (C=O) groups excluding carboxylic acids is 1. The number of benzene rings is 2. The van der Waals surface area contributed by atoms with Gasteiger partial charge in [0.1, 0.15) is 12.0 Å². The van der Waals surface area contributed by atoms with Gasteiger partial charge in [-0.2, -0.15) is 0 Å². The number of carbonyl (C=O) groups is 1. The second kappa shape index (κ2) is 3.72. The molecular weight excluding hydrogens is 240 g/mol. The zero-order valence-electron chi connectivity index (χ0n) is 10.1. The minimum Gasteiger partial charge on any atom is -0.450 e. The molecule has 0 atom stereocenters. The first-order chi connectivity index (χ1) is 9.33. The lowest BCUT2D eigenvalue weighted by molar-refractivity contribution is -0.131. The molecule has 0 aromatic heterocycles. The summed E-state index contributed by atoms with van der Waals surface area (Å²) >= 11 is 0. The summed E-state index contributed by atoms with van der Waals surface area (Å²) in [5.41, 5.74) is 4.70. The number of ether oxygens (including phenoxy) is 2. The maximum absolute atomic E-state index is 11.6. The molecule has 0 amide bonds. The molecule has 2 aromatic rings. The van der Waals surface area contributed by atoms with Gasteiger partial charge in [0.2, 0.25) is 5.76 Å². The predicted octanol–water partition coefficient (Wildman–Crippen LogP) is 3.03. The van der Waals surface area contributed by atoms with E-state index in [1.54, 1.807) is 0 Å². The van der Waals surface area contributed by atoms with E-state index in [4.69, 9.17) is 9.47 Å². The molecule has 2 aliphatic rings. The average molecular weight is 250 g/mol. The zero-order chi connectivity index (χ0) is 12.8. The first kappa shape index (κ1) is 10.4. The first-order valence-electron chi connectivity index (χ1n) is 6.12. The van der Waals surface area contributed by atoms with Gasteiger partial charge in [-0.15, -0.1) is 0 Å². The van der Waals surface area contributed by atoms with Crippen LogP contribution < -0.4 is 4.74 Å². The molecule has 19 heavy (non-hydrogen) atoms. The van der Waals surface area contributed by atoms with Crippen molar-refractivity contribution < 1.29 is 14.3 Å². The van der Waals surface area contributed by atoms with E-state index >= 15 is 0 Å². The van der Waals surface area contributed by atoms with Gasteiger partial charge in [0, 0.05) is 12.0 Å². The molecule has 1 aliphatic carbocycles. The Morgan fingerprint density at radius 3 is 2.68 bits per heavy atom. The van der Waals surface area contributed by atoms with Crippen molar-refractivity contribution in [2.75, 3.05) is 0 Å². The van der Waals surface area contributed by atoms with Crippen molar-refractivity contribution in [1.29, 1.82) is 0 Å². The van der Waals surface area contributed by atoms with Crippen molar-refractivity contribution in [3.05, 3.63) is 65.6 Å². The minimum atomic E-state index is -0.427. The van der Waals surface area contributed by atoms with Crippen molar-refractivity contribution in [2.24, 2.45) is 0 Å². The molecule has 1 aliphatic heterocycles. The lowest BCUT2D eigenvalue weighted by Crippen LogP contribution is -2.07. The van der Waals surface area contributed by atoms with Crippen LogP contribution in [-0.4, -0.2) is 5.97 Å². The summed E-state index contributed by atoms with van der Waals surface area (Å²) in [7, 11) is 0. The van der Waals surface area contributed by atoms with Gasteiger partial charge >= 0.3 is 5.97 Å².